The predicted octanol–water partition coefficient (Wildman–Crippen LogP) is 3.70. The summed E-state index contributed by atoms with van der Waals surface area (Å²) >= 11 is 3.56. The van der Waals surface area contributed by atoms with Crippen LogP contribution in [0.1, 0.15) is 5.56 Å². The molecule has 1 aromatic carbocycles. The quantitative estimate of drug-likeness (QED) is 0.742. The first-order valence-electron chi connectivity index (χ1n) is 5.31. The van der Waals surface area contributed by atoms with Gasteiger partial charge >= 0.3 is 0 Å². The van der Waals surface area contributed by atoms with Gasteiger partial charge in [0.15, 0.2) is 5.65 Å². The standard InChI is InChI=1S/C13H10BrN3/c1-8-4-5-9(10(14)7-8)12-16-11-3-2-6-15-13(11)17-12/h2-7H,1H3,(H,15,16,17). The van der Waals surface area contributed by atoms with Crippen LogP contribution in [0.4, 0.5) is 0 Å². The normalized spacial score (nSPS) is 10.9. The number of aromatic amines is 1. The number of nitrogens with zero attached hydrogens (tertiary/aromatic N) is 2. The van der Waals surface area contributed by atoms with Crippen LogP contribution in [0.2, 0.25) is 0 Å². The maximum atomic E-state index is 4.48. The van der Waals surface area contributed by atoms with Gasteiger partial charge in [0.05, 0.1) is 5.52 Å². The lowest BCUT2D eigenvalue weighted by atomic mass is 10.1. The molecule has 0 aliphatic carbocycles. The highest BCUT2D eigenvalue weighted by molar-refractivity contribution is 9.10. The summed E-state index contributed by atoms with van der Waals surface area (Å²) in [5.74, 6) is 0.838. The smallest absolute Gasteiger partial charge is 0.178 e. The molecule has 1 N–H and O–H groups in total. The highest BCUT2D eigenvalue weighted by atomic mass is 79.9. The molecule has 17 heavy (non-hydrogen) atoms. The molecule has 0 saturated carbocycles. The molecule has 4 heteroatoms. The number of benzene rings is 1. The topological polar surface area (TPSA) is 41.6 Å². The van der Waals surface area contributed by atoms with Crippen molar-refractivity contribution in [1.82, 2.24) is 15.0 Å². The summed E-state index contributed by atoms with van der Waals surface area (Å²) in [5.41, 5.74) is 3.97. The highest BCUT2D eigenvalue weighted by Crippen LogP contribution is 2.28. The fraction of sp³-hybridized carbons (Fsp3) is 0.0769. The number of halogens is 1. The Morgan fingerprint density at radius 3 is 2.88 bits per heavy atom. The molecule has 2 heterocycles. The van der Waals surface area contributed by atoms with Gasteiger partial charge in [0.2, 0.25) is 0 Å². The summed E-state index contributed by atoms with van der Waals surface area (Å²) in [6.07, 6.45) is 1.75. The van der Waals surface area contributed by atoms with E-state index < -0.39 is 0 Å². The zero-order chi connectivity index (χ0) is 11.8. The zero-order valence-electron chi connectivity index (χ0n) is 9.24. The maximum Gasteiger partial charge on any atom is 0.178 e. The maximum absolute atomic E-state index is 4.48. The minimum absolute atomic E-state index is 0.745. The van der Waals surface area contributed by atoms with Crippen molar-refractivity contribution in [3.63, 3.8) is 0 Å². The van der Waals surface area contributed by atoms with Gasteiger partial charge in [0, 0.05) is 16.2 Å². The average molecular weight is 288 g/mol. The Morgan fingerprint density at radius 1 is 1.24 bits per heavy atom. The third-order valence-corrected chi connectivity index (χ3v) is 3.29. The highest BCUT2D eigenvalue weighted by Gasteiger charge is 2.08. The number of pyridine rings is 1. The van der Waals surface area contributed by atoms with Gasteiger partial charge in [-0.05, 0) is 36.8 Å². The molecule has 0 radical (unpaired) electrons. The number of imidazole rings is 1. The Hall–Kier alpha value is -1.68. The van der Waals surface area contributed by atoms with Gasteiger partial charge in [0.1, 0.15) is 5.82 Å². The fourth-order valence-corrected chi connectivity index (χ4v) is 2.47. The Kier molecular flexibility index (Phi) is 2.44. The minimum atomic E-state index is 0.745. The van der Waals surface area contributed by atoms with Crippen LogP contribution in [-0.4, -0.2) is 15.0 Å². The molecule has 0 aliphatic heterocycles. The van der Waals surface area contributed by atoms with Crippen LogP contribution in [-0.2, 0) is 0 Å². The summed E-state index contributed by atoms with van der Waals surface area (Å²) in [5, 5.41) is 0. The number of fused-ring (bicyclic) bond motifs is 1. The lowest BCUT2D eigenvalue weighted by molar-refractivity contribution is 1.29. The molecule has 0 unspecified atom stereocenters. The molecule has 0 atom stereocenters. The average Bonchev–Trinajstić information content (AvgIpc) is 2.72. The van der Waals surface area contributed by atoms with E-state index in [-0.39, 0.29) is 0 Å². The molecular formula is C13H10BrN3. The van der Waals surface area contributed by atoms with Crippen LogP contribution in [0.5, 0.6) is 0 Å². The van der Waals surface area contributed by atoms with Gasteiger partial charge in [-0.1, -0.05) is 22.0 Å². The second-order valence-corrected chi connectivity index (χ2v) is 4.80. The molecule has 0 spiro atoms. The summed E-state index contributed by atoms with van der Waals surface area (Å²) in [6, 6.07) is 10.1. The van der Waals surface area contributed by atoms with Crippen molar-refractivity contribution in [3.05, 3.63) is 46.6 Å². The van der Waals surface area contributed by atoms with E-state index >= 15 is 0 Å². The van der Waals surface area contributed by atoms with Crippen LogP contribution in [0.25, 0.3) is 22.6 Å². The second kappa shape index (κ2) is 3.96. The van der Waals surface area contributed by atoms with Crippen molar-refractivity contribution < 1.29 is 0 Å². The van der Waals surface area contributed by atoms with Crippen molar-refractivity contribution in [2.24, 2.45) is 0 Å². The Balaban J connectivity index is 2.20. The fourth-order valence-electron chi connectivity index (χ4n) is 1.78. The number of H-pyrrole nitrogens is 1. The lowest BCUT2D eigenvalue weighted by Crippen LogP contribution is -1.83. The van der Waals surface area contributed by atoms with Crippen molar-refractivity contribution >= 4 is 27.1 Å². The molecule has 0 fully saturated rings. The first-order chi connectivity index (χ1) is 8.24. The van der Waals surface area contributed by atoms with Crippen molar-refractivity contribution in [2.45, 2.75) is 6.92 Å². The molecule has 3 nitrogen and oxygen atoms in total. The molecule has 3 aromatic rings. The summed E-state index contributed by atoms with van der Waals surface area (Å²) < 4.78 is 1.04. The van der Waals surface area contributed by atoms with E-state index in [2.05, 4.69) is 56.0 Å². The van der Waals surface area contributed by atoms with Gasteiger partial charge < -0.3 is 4.98 Å². The molecule has 2 aromatic heterocycles. The Morgan fingerprint density at radius 2 is 2.12 bits per heavy atom. The van der Waals surface area contributed by atoms with Crippen LogP contribution in [0, 0.1) is 6.92 Å². The Labute approximate surface area is 107 Å². The van der Waals surface area contributed by atoms with E-state index in [1.807, 2.05) is 12.1 Å². The van der Waals surface area contributed by atoms with Crippen molar-refractivity contribution in [1.29, 1.82) is 0 Å². The van der Waals surface area contributed by atoms with Crippen LogP contribution in [0.3, 0.4) is 0 Å². The number of aryl methyl sites for hydroxylation is 1. The van der Waals surface area contributed by atoms with Crippen molar-refractivity contribution in [3.8, 4) is 11.4 Å². The molecular weight excluding hydrogens is 278 g/mol. The first-order valence-corrected chi connectivity index (χ1v) is 6.10. The van der Waals surface area contributed by atoms with E-state index in [9.17, 15) is 0 Å². The van der Waals surface area contributed by atoms with Gasteiger partial charge in [-0.2, -0.15) is 0 Å². The number of nitrogens with one attached hydrogen (secondary N) is 1. The van der Waals surface area contributed by atoms with Gasteiger partial charge in [-0.15, -0.1) is 0 Å². The van der Waals surface area contributed by atoms with Crippen LogP contribution in [0.15, 0.2) is 41.0 Å². The van der Waals surface area contributed by atoms with E-state index in [1.165, 1.54) is 5.56 Å². The molecule has 0 amide bonds. The molecule has 0 bridgehead atoms. The number of aromatic nitrogens is 3. The number of hydrogen-bond donors (Lipinski definition) is 1. The first kappa shape index (κ1) is 10.5. The molecule has 0 aliphatic rings. The summed E-state index contributed by atoms with van der Waals surface area (Å²) in [7, 11) is 0. The van der Waals surface area contributed by atoms with E-state index in [4.69, 9.17) is 0 Å². The van der Waals surface area contributed by atoms with E-state index in [0.29, 0.717) is 0 Å². The molecule has 84 valence electrons. The predicted molar refractivity (Wildman–Crippen MR) is 71.8 cm³/mol. The third-order valence-electron chi connectivity index (χ3n) is 2.64. The van der Waals surface area contributed by atoms with E-state index in [1.54, 1.807) is 6.20 Å². The molecule has 0 saturated heterocycles. The van der Waals surface area contributed by atoms with Gasteiger partial charge in [-0.3, -0.25) is 0 Å². The van der Waals surface area contributed by atoms with E-state index in [0.717, 1.165) is 27.0 Å². The van der Waals surface area contributed by atoms with Crippen molar-refractivity contribution in [2.75, 3.05) is 0 Å². The van der Waals surface area contributed by atoms with Crippen LogP contribution < -0.4 is 0 Å². The Bertz CT molecular complexity index is 655. The lowest BCUT2D eigenvalue weighted by Gasteiger charge is -2.01. The number of rotatable bonds is 1. The second-order valence-electron chi connectivity index (χ2n) is 3.94. The molecule has 3 rings (SSSR count). The number of hydrogen-bond acceptors (Lipinski definition) is 2. The summed E-state index contributed by atoms with van der Waals surface area (Å²) in [4.78, 5) is 12.0. The van der Waals surface area contributed by atoms with Gasteiger partial charge in [0.25, 0.3) is 0 Å². The zero-order valence-corrected chi connectivity index (χ0v) is 10.8. The van der Waals surface area contributed by atoms with Crippen LogP contribution >= 0.6 is 15.9 Å². The third kappa shape index (κ3) is 1.85. The monoisotopic (exact) mass is 287 g/mol. The summed E-state index contributed by atoms with van der Waals surface area (Å²) in [6.45, 7) is 2.06. The van der Waals surface area contributed by atoms with Gasteiger partial charge in [-0.25, -0.2) is 9.97 Å². The SMILES string of the molecule is Cc1ccc(-c2nc3ncccc3[nH]2)c(Br)c1. The largest absolute Gasteiger partial charge is 0.337 e. The minimum Gasteiger partial charge on any atom is -0.337 e.